The number of hydrogen-bond acceptors (Lipinski definition) is 3. The van der Waals surface area contributed by atoms with Crippen LogP contribution in [0.1, 0.15) is 10.4 Å². The maximum atomic E-state index is 13.0. The van der Waals surface area contributed by atoms with Gasteiger partial charge in [-0.15, -0.1) is 0 Å². The second kappa shape index (κ2) is 4.22. The summed E-state index contributed by atoms with van der Waals surface area (Å²) in [7, 11) is -2.01. The Morgan fingerprint density at radius 2 is 1.81 bits per heavy atom. The highest BCUT2D eigenvalue weighted by atomic mass is 19.4. The lowest BCUT2D eigenvalue weighted by molar-refractivity contribution is -0.0887. The van der Waals surface area contributed by atoms with Gasteiger partial charge in [-0.1, -0.05) is 6.07 Å². The quantitative estimate of drug-likeness (QED) is 0.439. The first-order chi connectivity index (χ1) is 7.23. The number of carbonyl (C=O) groups excluding carboxylic acids is 1. The highest BCUT2D eigenvalue weighted by Gasteiger charge is 2.40. The van der Waals surface area contributed by atoms with Crippen LogP contribution < -0.4 is 5.46 Å². The Morgan fingerprint density at radius 1 is 1.25 bits per heavy atom. The van der Waals surface area contributed by atoms with Crippen LogP contribution in [0.5, 0.6) is 0 Å². The smallest absolute Gasteiger partial charge is 0.423 e. The van der Waals surface area contributed by atoms with E-state index in [0.717, 1.165) is 6.07 Å². The summed E-state index contributed by atoms with van der Waals surface area (Å²) >= 11 is 0. The van der Waals surface area contributed by atoms with E-state index in [9.17, 15) is 22.4 Å². The molecular formula is C8H5BF4O3. The molecule has 1 rings (SSSR count). The summed E-state index contributed by atoms with van der Waals surface area (Å²) in [5.74, 6) is -3.77. The average Bonchev–Trinajstić information content (AvgIpc) is 2.15. The fourth-order valence-electron chi connectivity index (χ4n) is 1.03. The number of benzene rings is 1. The van der Waals surface area contributed by atoms with Crippen LogP contribution in [-0.4, -0.2) is 29.1 Å². The van der Waals surface area contributed by atoms with Gasteiger partial charge in [0.1, 0.15) is 5.82 Å². The molecule has 0 bridgehead atoms. The first-order valence-corrected chi connectivity index (χ1v) is 4.00. The van der Waals surface area contributed by atoms with Gasteiger partial charge < -0.3 is 10.0 Å². The lowest BCUT2D eigenvalue weighted by atomic mass is 9.80. The van der Waals surface area contributed by atoms with Crippen molar-refractivity contribution in [1.29, 1.82) is 0 Å². The van der Waals surface area contributed by atoms with Crippen LogP contribution >= 0.6 is 0 Å². The molecule has 0 saturated heterocycles. The zero-order valence-corrected chi connectivity index (χ0v) is 7.62. The second-order valence-electron chi connectivity index (χ2n) is 2.94. The molecule has 0 heterocycles. The SMILES string of the molecule is O=C(c1ccc(B(O)O)cc1F)C(F)(F)F. The molecule has 0 aromatic heterocycles. The van der Waals surface area contributed by atoms with Gasteiger partial charge >= 0.3 is 13.3 Å². The minimum atomic E-state index is -5.17. The van der Waals surface area contributed by atoms with Crippen molar-refractivity contribution in [2.24, 2.45) is 0 Å². The molecule has 0 saturated carbocycles. The van der Waals surface area contributed by atoms with E-state index in [0.29, 0.717) is 12.1 Å². The van der Waals surface area contributed by atoms with E-state index < -0.39 is 30.5 Å². The maximum absolute atomic E-state index is 13.0. The minimum Gasteiger partial charge on any atom is -0.423 e. The molecule has 0 spiro atoms. The van der Waals surface area contributed by atoms with Crippen LogP contribution in [0.4, 0.5) is 17.6 Å². The zero-order chi connectivity index (χ0) is 12.5. The van der Waals surface area contributed by atoms with Gasteiger partial charge in [-0.05, 0) is 17.6 Å². The molecule has 0 amide bonds. The number of halogens is 4. The molecule has 3 nitrogen and oxygen atoms in total. The van der Waals surface area contributed by atoms with Crippen LogP contribution in [0.3, 0.4) is 0 Å². The van der Waals surface area contributed by atoms with Crippen molar-refractivity contribution < 1.29 is 32.4 Å². The Balaban J connectivity index is 3.14. The van der Waals surface area contributed by atoms with E-state index in [1.165, 1.54) is 0 Å². The molecule has 0 atom stereocenters. The van der Waals surface area contributed by atoms with Crippen LogP contribution in [0.15, 0.2) is 18.2 Å². The minimum absolute atomic E-state index is 0.337. The van der Waals surface area contributed by atoms with E-state index in [4.69, 9.17) is 10.0 Å². The number of rotatable bonds is 2. The van der Waals surface area contributed by atoms with Crippen LogP contribution in [0.25, 0.3) is 0 Å². The van der Waals surface area contributed by atoms with E-state index >= 15 is 0 Å². The van der Waals surface area contributed by atoms with E-state index in [1.54, 1.807) is 0 Å². The van der Waals surface area contributed by atoms with E-state index in [2.05, 4.69) is 0 Å². The molecule has 8 heteroatoms. The molecule has 86 valence electrons. The molecule has 0 aliphatic rings. The summed E-state index contributed by atoms with van der Waals surface area (Å²) in [6.45, 7) is 0. The molecule has 0 unspecified atom stereocenters. The third-order valence-electron chi connectivity index (χ3n) is 1.79. The largest absolute Gasteiger partial charge is 0.488 e. The van der Waals surface area contributed by atoms with Crippen LogP contribution in [0, 0.1) is 5.82 Å². The van der Waals surface area contributed by atoms with Gasteiger partial charge in [0, 0.05) is 0 Å². The van der Waals surface area contributed by atoms with Crippen molar-refractivity contribution in [1.82, 2.24) is 0 Å². The number of hydrogen-bond donors (Lipinski definition) is 2. The molecule has 0 fully saturated rings. The van der Waals surface area contributed by atoms with E-state index in [1.807, 2.05) is 0 Å². The Bertz CT molecular complexity index is 416. The first kappa shape index (κ1) is 12.7. The number of ketones is 1. The van der Waals surface area contributed by atoms with Crippen molar-refractivity contribution in [3.05, 3.63) is 29.6 Å². The number of Topliss-reactive ketones (excluding diaryl/α,β-unsaturated/α-hetero) is 1. The average molecular weight is 236 g/mol. The lowest BCUT2D eigenvalue weighted by Crippen LogP contribution is -2.31. The fourth-order valence-corrected chi connectivity index (χ4v) is 1.03. The van der Waals surface area contributed by atoms with E-state index in [-0.39, 0.29) is 5.46 Å². The predicted molar refractivity (Wildman–Crippen MR) is 46.6 cm³/mol. The van der Waals surface area contributed by atoms with Gasteiger partial charge in [0.15, 0.2) is 0 Å². The predicted octanol–water partition coefficient (Wildman–Crippen LogP) is 0.250. The monoisotopic (exact) mass is 236 g/mol. The molecule has 0 aliphatic heterocycles. The Kier molecular flexibility index (Phi) is 3.34. The van der Waals surface area contributed by atoms with Crippen molar-refractivity contribution in [3.63, 3.8) is 0 Å². The Hall–Kier alpha value is -1.41. The van der Waals surface area contributed by atoms with Gasteiger partial charge in [0.05, 0.1) is 5.56 Å². The number of alkyl halides is 3. The van der Waals surface area contributed by atoms with Gasteiger partial charge in [0.2, 0.25) is 0 Å². The summed E-state index contributed by atoms with van der Waals surface area (Å²) in [4.78, 5) is 10.7. The van der Waals surface area contributed by atoms with Gasteiger partial charge in [-0.2, -0.15) is 13.2 Å². The molecule has 0 radical (unpaired) electrons. The standard InChI is InChI=1S/C8H5BF4O3/c10-6-3-4(9(15)16)1-2-5(6)7(14)8(11,12)13/h1-3,15-16H. The summed E-state index contributed by atoms with van der Waals surface area (Å²) < 4.78 is 48.9. The first-order valence-electron chi connectivity index (χ1n) is 4.00. The molecule has 2 N–H and O–H groups in total. The van der Waals surface area contributed by atoms with Crippen molar-refractivity contribution in [2.45, 2.75) is 6.18 Å². The molecule has 1 aromatic carbocycles. The van der Waals surface area contributed by atoms with Crippen molar-refractivity contribution in [3.8, 4) is 0 Å². The third-order valence-corrected chi connectivity index (χ3v) is 1.79. The van der Waals surface area contributed by atoms with Crippen LogP contribution in [-0.2, 0) is 0 Å². The normalized spacial score (nSPS) is 11.4. The van der Waals surface area contributed by atoms with Gasteiger partial charge in [0.25, 0.3) is 5.78 Å². The summed E-state index contributed by atoms with van der Waals surface area (Å²) in [5.41, 5.74) is -1.49. The summed E-state index contributed by atoms with van der Waals surface area (Å²) in [6, 6.07) is 1.84. The number of carbonyl (C=O) groups is 1. The zero-order valence-electron chi connectivity index (χ0n) is 7.62. The molecule has 1 aromatic rings. The van der Waals surface area contributed by atoms with Crippen molar-refractivity contribution in [2.75, 3.05) is 0 Å². The molecule has 16 heavy (non-hydrogen) atoms. The van der Waals surface area contributed by atoms with Gasteiger partial charge in [-0.25, -0.2) is 4.39 Å². The second-order valence-corrected chi connectivity index (χ2v) is 2.94. The third kappa shape index (κ3) is 2.58. The fraction of sp³-hybridized carbons (Fsp3) is 0.125. The maximum Gasteiger partial charge on any atom is 0.488 e. The summed E-state index contributed by atoms with van der Waals surface area (Å²) in [5, 5.41) is 17.2. The molecular weight excluding hydrogens is 231 g/mol. The lowest BCUT2D eigenvalue weighted by Gasteiger charge is -2.07. The van der Waals surface area contributed by atoms with Gasteiger partial charge in [-0.3, -0.25) is 4.79 Å². The van der Waals surface area contributed by atoms with Crippen LogP contribution in [0.2, 0.25) is 0 Å². The Morgan fingerprint density at radius 3 is 2.19 bits per heavy atom. The topological polar surface area (TPSA) is 57.5 Å². The van der Waals surface area contributed by atoms with Crippen molar-refractivity contribution >= 4 is 18.4 Å². The Labute approximate surface area is 87.5 Å². The highest BCUT2D eigenvalue weighted by molar-refractivity contribution is 6.58. The molecule has 0 aliphatic carbocycles. The highest BCUT2D eigenvalue weighted by Crippen LogP contribution is 2.22. The summed E-state index contributed by atoms with van der Waals surface area (Å²) in [6.07, 6.45) is -5.17.